The summed E-state index contributed by atoms with van der Waals surface area (Å²) in [5.41, 5.74) is 2.32. The zero-order chi connectivity index (χ0) is 11.5. The van der Waals surface area contributed by atoms with Crippen LogP contribution in [0.15, 0.2) is 18.2 Å². The molecule has 0 heterocycles. The number of aryl methyl sites for hydroxylation is 1. The summed E-state index contributed by atoms with van der Waals surface area (Å²) in [6.07, 6.45) is 3.19. The first kappa shape index (κ1) is 11.3. The molecule has 0 amide bonds. The average molecular weight is 227 g/mol. The van der Waals surface area contributed by atoms with Crippen molar-refractivity contribution in [3.05, 3.63) is 29.3 Å². The zero-order valence-electron chi connectivity index (χ0n) is 9.17. The normalized spacial score (nSPS) is 19.6. The second-order valence-corrected chi connectivity index (χ2v) is 3.97. The van der Waals surface area contributed by atoms with Crippen LogP contribution in [0.1, 0.15) is 30.0 Å². The Hall–Kier alpha value is -1.16. The van der Waals surface area contributed by atoms with Gasteiger partial charge in [0.05, 0.1) is 0 Å². The van der Waals surface area contributed by atoms with Gasteiger partial charge in [-0.3, -0.25) is 0 Å². The van der Waals surface area contributed by atoms with Crippen molar-refractivity contribution in [1.82, 2.24) is 5.32 Å². The molecule has 0 fully saturated rings. The highest BCUT2D eigenvalue weighted by Crippen LogP contribution is 2.32. The topological polar surface area (TPSA) is 21.3 Å². The van der Waals surface area contributed by atoms with Crippen LogP contribution in [0.3, 0.4) is 0 Å². The molecular formula is C12H15F2NO. The Morgan fingerprint density at radius 3 is 2.94 bits per heavy atom. The zero-order valence-corrected chi connectivity index (χ0v) is 9.17. The maximum atomic E-state index is 12.1. The van der Waals surface area contributed by atoms with Crippen LogP contribution in [0.4, 0.5) is 8.78 Å². The molecular weight excluding hydrogens is 212 g/mol. The summed E-state index contributed by atoms with van der Waals surface area (Å²) in [4.78, 5) is 0. The lowest BCUT2D eigenvalue weighted by Crippen LogP contribution is -2.21. The number of halogens is 2. The number of fused-ring (bicyclic) bond motifs is 1. The van der Waals surface area contributed by atoms with Crippen LogP contribution in [0, 0.1) is 0 Å². The Bertz CT molecular complexity index is 368. The molecule has 2 nitrogen and oxygen atoms in total. The van der Waals surface area contributed by atoms with Gasteiger partial charge in [-0.05, 0) is 49.6 Å². The van der Waals surface area contributed by atoms with E-state index in [-0.39, 0.29) is 11.8 Å². The Labute approximate surface area is 93.6 Å². The van der Waals surface area contributed by atoms with E-state index in [1.54, 1.807) is 12.1 Å². The van der Waals surface area contributed by atoms with Crippen molar-refractivity contribution >= 4 is 0 Å². The van der Waals surface area contributed by atoms with E-state index in [0.29, 0.717) is 0 Å². The molecule has 0 spiro atoms. The van der Waals surface area contributed by atoms with Gasteiger partial charge in [-0.25, -0.2) is 0 Å². The Morgan fingerprint density at radius 1 is 1.44 bits per heavy atom. The summed E-state index contributed by atoms with van der Waals surface area (Å²) in [6.45, 7) is -2.75. The van der Waals surface area contributed by atoms with Crippen molar-refractivity contribution in [2.45, 2.75) is 31.9 Å². The maximum Gasteiger partial charge on any atom is 0.387 e. The minimum Gasteiger partial charge on any atom is -0.435 e. The van der Waals surface area contributed by atoms with Gasteiger partial charge in [0.15, 0.2) is 0 Å². The van der Waals surface area contributed by atoms with Gasteiger partial charge in [-0.2, -0.15) is 8.78 Å². The highest BCUT2D eigenvalue weighted by molar-refractivity contribution is 5.39. The highest BCUT2D eigenvalue weighted by atomic mass is 19.3. The van der Waals surface area contributed by atoms with Crippen LogP contribution in [-0.2, 0) is 6.42 Å². The first-order chi connectivity index (χ1) is 7.70. The highest BCUT2D eigenvalue weighted by Gasteiger charge is 2.19. The maximum absolute atomic E-state index is 12.1. The van der Waals surface area contributed by atoms with E-state index in [9.17, 15) is 8.78 Å². The monoisotopic (exact) mass is 227 g/mol. The Balaban J connectivity index is 2.27. The molecule has 0 bridgehead atoms. The van der Waals surface area contributed by atoms with Gasteiger partial charge in [-0.1, -0.05) is 6.07 Å². The minimum atomic E-state index is -2.75. The van der Waals surface area contributed by atoms with Crippen molar-refractivity contribution in [1.29, 1.82) is 0 Å². The van der Waals surface area contributed by atoms with Crippen molar-refractivity contribution < 1.29 is 13.5 Å². The number of alkyl halides is 2. The predicted molar refractivity (Wildman–Crippen MR) is 57.8 cm³/mol. The molecule has 88 valence electrons. The minimum absolute atomic E-state index is 0.246. The molecule has 2 rings (SSSR count). The van der Waals surface area contributed by atoms with Crippen molar-refractivity contribution in [2.75, 3.05) is 7.05 Å². The molecule has 0 saturated carbocycles. The fourth-order valence-corrected chi connectivity index (χ4v) is 2.25. The van der Waals surface area contributed by atoms with Gasteiger partial charge in [-0.15, -0.1) is 0 Å². The van der Waals surface area contributed by atoms with Gasteiger partial charge in [0.25, 0.3) is 0 Å². The van der Waals surface area contributed by atoms with Gasteiger partial charge in [0, 0.05) is 6.04 Å². The molecule has 16 heavy (non-hydrogen) atoms. The number of nitrogens with one attached hydrogen (secondary N) is 1. The van der Waals surface area contributed by atoms with Gasteiger partial charge in [0.1, 0.15) is 5.75 Å². The van der Waals surface area contributed by atoms with Crippen molar-refractivity contribution in [3.8, 4) is 5.75 Å². The lowest BCUT2D eigenvalue weighted by atomic mass is 9.87. The molecule has 1 unspecified atom stereocenters. The number of benzene rings is 1. The second-order valence-electron chi connectivity index (χ2n) is 3.97. The van der Waals surface area contributed by atoms with Crippen LogP contribution >= 0.6 is 0 Å². The Kier molecular flexibility index (Phi) is 3.39. The molecule has 1 N–H and O–H groups in total. The largest absolute Gasteiger partial charge is 0.435 e. The lowest BCUT2D eigenvalue weighted by molar-refractivity contribution is -0.0499. The third-order valence-electron chi connectivity index (χ3n) is 3.01. The molecule has 0 aliphatic heterocycles. The fraction of sp³-hybridized carbons (Fsp3) is 0.500. The molecule has 0 saturated heterocycles. The fourth-order valence-electron chi connectivity index (χ4n) is 2.25. The molecule has 1 aliphatic rings. The summed E-state index contributed by atoms with van der Waals surface area (Å²) < 4.78 is 28.6. The van der Waals surface area contributed by atoms with Crippen LogP contribution < -0.4 is 10.1 Å². The van der Waals surface area contributed by atoms with E-state index in [1.807, 2.05) is 13.1 Å². The summed E-state index contributed by atoms with van der Waals surface area (Å²) in [5, 5.41) is 3.20. The molecule has 4 heteroatoms. The summed E-state index contributed by atoms with van der Waals surface area (Å²) in [7, 11) is 1.89. The number of hydrogen-bond acceptors (Lipinski definition) is 2. The van der Waals surface area contributed by atoms with Crippen LogP contribution in [0.25, 0.3) is 0 Å². The summed E-state index contributed by atoms with van der Waals surface area (Å²) in [6, 6.07) is 5.48. The van der Waals surface area contributed by atoms with Gasteiger partial charge < -0.3 is 10.1 Å². The SMILES string of the molecule is CNC1CCCc2ccc(OC(F)F)cc21. The van der Waals surface area contributed by atoms with Crippen LogP contribution in [0.2, 0.25) is 0 Å². The van der Waals surface area contributed by atoms with Crippen LogP contribution in [-0.4, -0.2) is 13.7 Å². The van der Waals surface area contributed by atoms with E-state index < -0.39 is 6.61 Å². The number of ether oxygens (including phenoxy) is 1. The molecule has 1 atom stereocenters. The summed E-state index contributed by atoms with van der Waals surface area (Å²) >= 11 is 0. The quantitative estimate of drug-likeness (QED) is 0.857. The smallest absolute Gasteiger partial charge is 0.387 e. The average Bonchev–Trinajstić information content (AvgIpc) is 2.27. The Morgan fingerprint density at radius 2 is 2.25 bits per heavy atom. The van der Waals surface area contributed by atoms with Gasteiger partial charge >= 0.3 is 6.61 Å². The van der Waals surface area contributed by atoms with E-state index in [2.05, 4.69) is 10.1 Å². The number of hydrogen-bond donors (Lipinski definition) is 1. The first-order valence-corrected chi connectivity index (χ1v) is 5.45. The van der Waals surface area contributed by atoms with E-state index in [1.165, 1.54) is 5.56 Å². The third kappa shape index (κ3) is 2.32. The molecule has 1 aromatic rings. The predicted octanol–water partition coefficient (Wildman–Crippen LogP) is 2.88. The first-order valence-electron chi connectivity index (χ1n) is 5.45. The van der Waals surface area contributed by atoms with Gasteiger partial charge in [0.2, 0.25) is 0 Å². The molecule has 1 aliphatic carbocycles. The number of rotatable bonds is 3. The molecule has 1 aromatic carbocycles. The molecule has 0 aromatic heterocycles. The lowest BCUT2D eigenvalue weighted by Gasteiger charge is -2.25. The van der Waals surface area contributed by atoms with E-state index in [4.69, 9.17) is 0 Å². The summed E-state index contributed by atoms with van der Waals surface area (Å²) in [5.74, 6) is 0.246. The third-order valence-corrected chi connectivity index (χ3v) is 3.01. The van der Waals surface area contributed by atoms with Crippen molar-refractivity contribution in [3.63, 3.8) is 0 Å². The molecule has 0 radical (unpaired) electrons. The van der Waals surface area contributed by atoms with E-state index >= 15 is 0 Å². The van der Waals surface area contributed by atoms with E-state index in [0.717, 1.165) is 24.8 Å². The van der Waals surface area contributed by atoms with Crippen molar-refractivity contribution in [2.24, 2.45) is 0 Å². The second kappa shape index (κ2) is 4.78. The standard InChI is InChI=1S/C12H15F2NO/c1-15-11-4-2-3-8-5-6-9(7-10(8)11)16-12(13)14/h5-7,11-12,15H,2-4H2,1H3. The van der Waals surface area contributed by atoms with Crippen LogP contribution in [0.5, 0.6) is 5.75 Å².